The van der Waals surface area contributed by atoms with Gasteiger partial charge in [-0.15, -0.1) is 0 Å². The molecule has 2 fully saturated rings. The van der Waals surface area contributed by atoms with E-state index in [1.54, 1.807) is 0 Å². The van der Waals surface area contributed by atoms with Crippen molar-refractivity contribution in [3.05, 3.63) is 101 Å². The van der Waals surface area contributed by atoms with Crippen LogP contribution >= 0.6 is 0 Å². The lowest BCUT2D eigenvalue weighted by Gasteiger charge is -2.39. The summed E-state index contributed by atoms with van der Waals surface area (Å²) in [5, 5.41) is 12.5. The molecule has 3 atom stereocenters. The van der Waals surface area contributed by atoms with Gasteiger partial charge in [-0.3, -0.25) is 9.78 Å². The Kier molecular flexibility index (Phi) is 9.15. The second-order valence-electron chi connectivity index (χ2n) is 11.2. The molecule has 6 rings (SSSR count). The molecule has 3 unspecified atom stereocenters. The third kappa shape index (κ3) is 7.02. The van der Waals surface area contributed by atoms with E-state index in [1.807, 2.05) is 72.8 Å². The first-order valence-corrected chi connectivity index (χ1v) is 15.0. The van der Waals surface area contributed by atoms with Crippen molar-refractivity contribution in [2.75, 3.05) is 25.0 Å². The summed E-state index contributed by atoms with van der Waals surface area (Å²) in [7, 11) is 0. The Balaban J connectivity index is 1.20. The molecule has 42 heavy (non-hydrogen) atoms. The van der Waals surface area contributed by atoms with E-state index >= 15 is 0 Å². The summed E-state index contributed by atoms with van der Waals surface area (Å²) < 4.78 is 13.1. The molecule has 1 amide bonds. The first-order valence-electron chi connectivity index (χ1n) is 15.0. The number of aliphatic hydroxyl groups excluding tert-OH is 1. The number of rotatable bonds is 7. The molecule has 218 valence electrons. The summed E-state index contributed by atoms with van der Waals surface area (Å²) >= 11 is 0. The number of carbonyl (C=O) groups excluding carboxylic acids is 1. The van der Waals surface area contributed by atoms with Gasteiger partial charge in [0.1, 0.15) is 5.69 Å². The molecule has 0 radical (unpaired) electrons. The quantitative estimate of drug-likeness (QED) is 0.276. The number of anilines is 1. The number of aliphatic hydroxyl groups is 1. The van der Waals surface area contributed by atoms with Crippen LogP contribution in [-0.2, 0) is 16.1 Å². The van der Waals surface area contributed by atoms with Gasteiger partial charge in [0.15, 0.2) is 6.29 Å². The minimum atomic E-state index is -0.585. The first kappa shape index (κ1) is 28.4. The van der Waals surface area contributed by atoms with Crippen molar-refractivity contribution in [3.8, 4) is 0 Å². The van der Waals surface area contributed by atoms with E-state index in [4.69, 9.17) is 9.47 Å². The average molecular weight is 567 g/mol. The van der Waals surface area contributed by atoms with Crippen LogP contribution in [-0.4, -0.2) is 51.6 Å². The summed E-state index contributed by atoms with van der Waals surface area (Å²) in [6.07, 6.45) is 7.87. The number of hydrogen-bond acceptors (Lipinski definition) is 7. The van der Waals surface area contributed by atoms with E-state index in [1.165, 1.54) is 38.3 Å². The van der Waals surface area contributed by atoms with Gasteiger partial charge in [0.25, 0.3) is 5.91 Å². The Bertz CT molecular complexity index is 1490. The zero-order chi connectivity index (χ0) is 28.7. The topological polar surface area (TPSA) is 96.8 Å². The number of para-hydroxylation sites is 2. The Morgan fingerprint density at radius 2 is 1.64 bits per heavy atom. The van der Waals surface area contributed by atoms with Gasteiger partial charge in [-0.25, -0.2) is 4.98 Å². The van der Waals surface area contributed by atoms with Gasteiger partial charge in [-0.1, -0.05) is 67.8 Å². The van der Waals surface area contributed by atoms with E-state index in [9.17, 15) is 9.90 Å². The smallest absolute Gasteiger partial charge is 0.275 e. The maximum Gasteiger partial charge on any atom is 0.275 e. The SMILES string of the molecule is O=C(Nc1cccc(C2OC(CN3CCCCCCC3)CC(c3ccc(CO)cc3)O2)c1)c1cnc2ccccc2n1. The summed E-state index contributed by atoms with van der Waals surface area (Å²) in [4.78, 5) is 24.4. The first-order chi connectivity index (χ1) is 20.6. The zero-order valence-electron chi connectivity index (χ0n) is 23.8. The van der Waals surface area contributed by atoms with Crippen molar-refractivity contribution in [2.45, 2.75) is 63.6 Å². The Morgan fingerprint density at radius 1 is 0.881 bits per heavy atom. The number of fused-ring (bicyclic) bond motifs is 1. The molecule has 1 aromatic heterocycles. The monoisotopic (exact) mass is 566 g/mol. The maximum atomic E-state index is 13.1. The summed E-state index contributed by atoms with van der Waals surface area (Å²) in [5.41, 5.74) is 5.09. The van der Waals surface area contributed by atoms with Crippen LogP contribution in [0.3, 0.4) is 0 Å². The average Bonchev–Trinajstić information content (AvgIpc) is 3.02. The highest BCUT2D eigenvalue weighted by molar-refractivity contribution is 6.03. The summed E-state index contributed by atoms with van der Waals surface area (Å²) in [5.74, 6) is -0.326. The van der Waals surface area contributed by atoms with Crippen molar-refractivity contribution in [2.24, 2.45) is 0 Å². The summed E-state index contributed by atoms with van der Waals surface area (Å²) in [6.45, 7) is 3.07. The fourth-order valence-electron chi connectivity index (χ4n) is 5.84. The van der Waals surface area contributed by atoms with Crippen LogP contribution in [0.1, 0.15) is 78.1 Å². The van der Waals surface area contributed by atoms with Crippen molar-refractivity contribution in [3.63, 3.8) is 0 Å². The molecule has 0 bridgehead atoms. The van der Waals surface area contributed by atoms with Crippen molar-refractivity contribution < 1.29 is 19.4 Å². The van der Waals surface area contributed by atoms with Crippen LogP contribution in [0.15, 0.2) is 79.0 Å². The molecule has 8 heteroatoms. The second kappa shape index (κ2) is 13.5. The maximum absolute atomic E-state index is 13.1. The van der Waals surface area contributed by atoms with Crippen molar-refractivity contribution in [1.82, 2.24) is 14.9 Å². The predicted molar refractivity (Wildman–Crippen MR) is 162 cm³/mol. The normalized spacial score (nSPS) is 21.9. The summed E-state index contributed by atoms with van der Waals surface area (Å²) in [6, 6.07) is 23.1. The zero-order valence-corrected chi connectivity index (χ0v) is 23.8. The van der Waals surface area contributed by atoms with Crippen LogP contribution in [0.25, 0.3) is 11.0 Å². The van der Waals surface area contributed by atoms with E-state index in [0.717, 1.165) is 48.3 Å². The molecule has 0 aliphatic carbocycles. The van der Waals surface area contributed by atoms with E-state index in [0.29, 0.717) is 11.2 Å². The van der Waals surface area contributed by atoms with Gasteiger partial charge in [0, 0.05) is 24.2 Å². The number of amides is 1. The van der Waals surface area contributed by atoms with Crippen LogP contribution in [0.5, 0.6) is 0 Å². The van der Waals surface area contributed by atoms with Gasteiger partial charge >= 0.3 is 0 Å². The van der Waals surface area contributed by atoms with Crippen molar-refractivity contribution in [1.29, 1.82) is 0 Å². The minimum absolute atomic E-state index is 0.00295. The van der Waals surface area contributed by atoms with Gasteiger partial charge in [0.2, 0.25) is 0 Å². The number of hydrogen-bond donors (Lipinski definition) is 2. The third-order valence-electron chi connectivity index (χ3n) is 8.12. The predicted octanol–water partition coefficient (Wildman–Crippen LogP) is 6.19. The van der Waals surface area contributed by atoms with Gasteiger partial charge in [-0.05, 0) is 61.3 Å². The molecule has 2 N–H and O–H groups in total. The van der Waals surface area contributed by atoms with E-state index < -0.39 is 6.29 Å². The molecule has 3 heterocycles. The number of aromatic nitrogens is 2. The van der Waals surface area contributed by atoms with Crippen LogP contribution < -0.4 is 5.32 Å². The number of carbonyl (C=O) groups is 1. The molecule has 2 saturated heterocycles. The third-order valence-corrected chi connectivity index (χ3v) is 8.12. The molecular weight excluding hydrogens is 528 g/mol. The molecule has 0 saturated carbocycles. The molecule has 2 aliphatic heterocycles. The molecule has 0 spiro atoms. The lowest BCUT2D eigenvalue weighted by Crippen LogP contribution is -2.40. The van der Waals surface area contributed by atoms with Crippen LogP contribution in [0, 0.1) is 0 Å². The molecular formula is C34H38N4O4. The van der Waals surface area contributed by atoms with Gasteiger partial charge in [-0.2, -0.15) is 0 Å². The molecule has 8 nitrogen and oxygen atoms in total. The number of nitrogens with zero attached hydrogens (tertiary/aromatic N) is 3. The Labute approximate surface area is 246 Å². The number of likely N-dealkylation sites (tertiary alicyclic amines) is 1. The molecule has 2 aliphatic rings. The fraction of sp³-hybridized carbons (Fsp3) is 0.382. The fourth-order valence-corrected chi connectivity index (χ4v) is 5.84. The highest BCUT2D eigenvalue weighted by Gasteiger charge is 2.33. The lowest BCUT2D eigenvalue weighted by molar-refractivity contribution is -0.253. The standard InChI is InChI=1S/C34H38N4O4/c39-23-24-13-15-25(16-14-24)32-20-28(22-38-17-6-2-1-3-7-18-38)41-34(42-32)26-9-8-10-27(19-26)36-33(40)31-21-35-29-11-4-5-12-30(29)37-31/h4-5,8-16,19,21,28,32,34,39H,1-3,6-7,17-18,20,22-23H2,(H,36,40). The second-order valence-corrected chi connectivity index (χ2v) is 11.2. The number of ether oxygens (including phenoxy) is 2. The minimum Gasteiger partial charge on any atom is -0.392 e. The van der Waals surface area contributed by atoms with Crippen molar-refractivity contribution >= 4 is 22.6 Å². The van der Waals surface area contributed by atoms with E-state index in [-0.39, 0.29) is 30.4 Å². The van der Waals surface area contributed by atoms with Gasteiger partial charge in [0.05, 0.1) is 36.0 Å². The lowest BCUT2D eigenvalue weighted by atomic mass is 9.99. The largest absolute Gasteiger partial charge is 0.392 e. The highest BCUT2D eigenvalue weighted by Crippen LogP contribution is 2.39. The Morgan fingerprint density at radius 3 is 2.43 bits per heavy atom. The van der Waals surface area contributed by atoms with E-state index in [2.05, 4.69) is 20.2 Å². The molecule has 3 aromatic carbocycles. The molecule has 4 aromatic rings. The Hall–Kier alpha value is -3.69. The van der Waals surface area contributed by atoms with Gasteiger partial charge < -0.3 is 24.8 Å². The van der Waals surface area contributed by atoms with Crippen LogP contribution in [0.2, 0.25) is 0 Å². The van der Waals surface area contributed by atoms with Crippen LogP contribution in [0.4, 0.5) is 5.69 Å². The highest BCUT2D eigenvalue weighted by atomic mass is 16.7. The number of nitrogens with one attached hydrogen (secondary N) is 1. The number of benzene rings is 3.